The number of rotatable bonds is 4. The number of aromatic nitrogens is 2. The summed E-state index contributed by atoms with van der Waals surface area (Å²) in [5.74, 6) is -0.167. The average molecular weight is 461 g/mol. The normalized spacial score (nSPS) is 13.1. The zero-order chi connectivity index (χ0) is 24.7. The number of carbonyl (C=O) groups excluding carboxylic acids is 1. The molecule has 2 aromatic carbocycles. The predicted octanol–water partition coefficient (Wildman–Crippen LogP) is 5.39. The molecule has 9 heteroatoms. The van der Waals surface area contributed by atoms with Crippen LogP contribution in [0, 0.1) is 6.92 Å². The molecule has 0 fully saturated rings. The summed E-state index contributed by atoms with van der Waals surface area (Å²) in [6.07, 6.45) is -4.63. The van der Waals surface area contributed by atoms with E-state index in [0.717, 1.165) is 6.07 Å². The number of hydrogen-bond acceptors (Lipinski definition) is 5. The standard InChI is InChI=1S/C24H26F3N3O3/c1-13(28-16-9-7-15(8-10-16)22(32)33-23(3,4)5)17-11-18-20(12-19(17)24(25,26)27)29-14(2)30(6)21(18)31/h7-13,28H,1-6H3/t13-/m0/s1. The number of nitrogens with zero attached hydrogens (tertiary/aromatic N) is 2. The van der Waals surface area contributed by atoms with Crippen molar-refractivity contribution in [3.05, 3.63) is 69.3 Å². The van der Waals surface area contributed by atoms with Gasteiger partial charge in [0.2, 0.25) is 0 Å². The number of halogens is 3. The molecule has 0 unspecified atom stereocenters. The Morgan fingerprint density at radius 3 is 2.27 bits per heavy atom. The molecule has 0 amide bonds. The van der Waals surface area contributed by atoms with Crippen LogP contribution in [-0.4, -0.2) is 21.1 Å². The van der Waals surface area contributed by atoms with Gasteiger partial charge in [0.15, 0.2) is 0 Å². The molecule has 0 saturated carbocycles. The van der Waals surface area contributed by atoms with E-state index in [1.54, 1.807) is 46.8 Å². The Balaban J connectivity index is 1.97. The first-order valence-electron chi connectivity index (χ1n) is 10.4. The third kappa shape index (κ3) is 5.35. The molecular formula is C24H26F3N3O3. The second-order valence-electron chi connectivity index (χ2n) is 8.92. The highest BCUT2D eigenvalue weighted by molar-refractivity contribution is 5.90. The third-order valence-electron chi connectivity index (χ3n) is 5.15. The van der Waals surface area contributed by atoms with Crippen LogP contribution >= 0.6 is 0 Å². The Bertz CT molecular complexity index is 1260. The summed E-state index contributed by atoms with van der Waals surface area (Å²) >= 11 is 0. The number of anilines is 1. The molecule has 0 radical (unpaired) electrons. The van der Waals surface area contributed by atoms with Crippen LogP contribution in [0.2, 0.25) is 0 Å². The minimum Gasteiger partial charge on any atom is -0.456 e. The van der Waals surface area contributed by atoms with Gasteiger partial charge in [0.1, 0.15) is 11.4 Å². The topological polar surface area (TPSA) is 73.2 Å². The number of alkyl halides is 3. The molecule has 0 bridgehead atoms. The zero-order valence-corrected chi connectivity index (χ0v) is 19.3. The van der Waals surface area contributed by atoms with Gasteiger partial charge in [-0.15, -0.1) is 0 Å². The molecule has 33 heavy (non-hydrogen) atoms. The highest BCUT2D eigenvalue weighted by Gasteiger charge is 2.35. The summed E-state index contributed by atoms with van der Waals surface area (Å²) in [6.45, 7) is 8.41. The van der Waals surface area contributed by atoms with E-state index >= 15 is 0 Å². The smallest absolute Gasteiger partial charge is 0.416 e. The molecule has 1 heterocycles. The van der Waals surface area contributed by atoms with Gasteiger partial charge in [-0.05, 0) is 76.6 Å². The van der Waals surface area contributed by atoms with Crippen molar-refractivity contribution in [3.63, 3.8) is 0 Å². The van der Waals surface area contributed by atoms with Crippen LogP contribution in [-0.2, 0) is 18.0 Å². The Kier molecular flexibility index (Phi) is 6.28. The van der Waals surface area contributed by atoms with Gasteiger partial charge in [-0.25, -0.2) is 9.78 Å². The van der Waals surface area contributed by atoms with Gasteiger partial charge >= 0.3 is 12.1 Å². The lowest BCUT2D eigenvalue weighted by molar-refractivity contribution is -0.138. The minimum atomic E-state index is -4.63. The SMILES string of the molecule is Cc1nc2cc(C(F)(F)F)c([C@H](C)Nc3ccc(C(=O)OC(C)(C)C)cc3)cc2c(=O)n1C. The van der Waals surface area contributed by atoms with Gasteiger partial charge in [0.05, 0.1) is 22.0 Å². The van der Waals surface area contributed by atoms with E-state index in [0.29, 0.717) is 17.1 Å². The Morgan fingerprint density at radius 2 is 1.73 bits per heavy atom. The first-order chi connectivity index (χ1) is 15.2. The van der Waals surface area contributed by atoms with Crippen LogP contribution in [0.1, 0.15) is 61.0 Å². The summed E-state index contributed by atoms with van der Waals surface area (Å²) in [5.41, 5.74) is -1.15. The van der Waals surface area contributed by atoms with Crippen LogP contribution in [0.25, 0.3) is 10.9 Å². The van der Waals surface area contributed by atoms with Gasteiger partial charge in [-0.3, -0.25) is 9.36 Å². The molecule has 1 atom stereocenters. The van der Waals surface area contributed by atoms with E-state index in [4.69, 9.17) is 4.74 Å². The van der Waals surface area contributed by atoms with Crippen molar-refractivity contribution in [3.8, 4) is 0 Å². The van der Waals surface area contributed by atoms with Crippen LogP contribution < -0.4 is 10.9 Å². The van der Waals surface area contributed by atoms with Gasteiger partial charge in [0.25, 0.3) is 5.56 Å². The molecule has 6 nitrogen and oxygen atoms in total. The first-order valence-corrected chi connectivity index (χ1v) is 10.4. The number of ether oxygens (including phenoxy) is 1. The van der Waals surface area contributed by atoms with Crippen molar-refractivity contribution in [2.45, 2.75) is 52.4 Å². The van der Waals surface area contributed by atoms with Crippen molar-refractivity contribution in [1.29, 1.82) is 0 Å². The van der Waals surface area contributed by atoms with Gasteiger partial charge in [-0.1, -0.05) is 0 Å². The molecule has 3 aromatic rings. The van der Waals surface area contributed by atoms with Gasteiger partial charge in [0, 0.05) is 18.8 Å². The number of hydrogen-bond donors (Lipinski definition) is 1. The number of nitrogens with one attached hydrogen (secondary N) is 1. The van der Waals surface area contributed by atoms with E-state index in [-0.39, 0.29) is 16.5 Å². The lowest BCUT2D eigenvalue weighted by atomic mass is 9.98. The molecule has 0 saturated heterocycles. The fraction of sp³-hybridized carbons (Fsp3) is 0.375. The van der Waals surface area contributed by atoms with E-state index in [1.807, 2.05) is 0 Å². The second kappa shape index (κ2) is 8.53. The van der Waals surface area contributed by atoms with Gasteiger partial charge in [-0.2, -0.15) is 13.2 Å². The van der Waals surface area contributed by atoms with Crippen LogP contribution in [0.3, 0.4) is 0 Å². The molecule has 176 valence electrons. The number of fused-ring (bicyclic) bond motifs is 1. The van der Waals surface area contributed by atoms with Crippen molar-refractivity contribution < 1.29 is 22.7 Å². The summed E-state index contributed by atoms with van der Waals surface area (Å²) < 4.78 is 48.1. The number of aryl methyl sites for hydroxylation is 1. The molecule has 1 N–H and O–H groups in total. The van der Waals surface area contributed by atoms with E-state index < -0.39 is 34.9 Å². The second-order valence-corrected chi connectivity index (χ2v) is 8.92. The third-order valence-corrected chi connectivity index (χ3v) is 5.15. The van der Waals surface area contributed by atoms with Crippen LogP contribution in [0.4, 0.5) is 18.9 Å². The maximum Gasteiger partial charge on any atom is 0.416 e. The van der Waals surface area contributed by atoms with E-state index in [2.05, 4.69) is 10.3 Å². The highest BCUT2D eigenvalue weighted by Crippen LogP contribution is 2.37. The summed E-state index contributed by atoms with van der Waals surface area (Å²) in [5, 5.41) is 3.12. The molecule has 0 spiro atoms. The predicted molar refractivity (Wildman–Crippen MR) is 120 cm³/mol. The monoisotopic (exact) mass is 461 g/mol. The van der Waals surface area contributed by atoms with Crippen molar-refractivity contribution in [2.24, 2.45) is 7.05 Å². The Hall–Kier alpha value is -3.36. The van der Waals surface area contributed by atoms with Crippen molar-refractivity contribution >= 4 is 22.6 Å². The van der Waals surface area contributed by atoms with E-state index in [1.165, 1.54) is 29.8 Å². The van der Waals surface area contributed by atoms with Crippen molar-refractivity contribution in [2.75, 3.05) is 5.32 Å². The maximum atomic E-state index is 13.8. The molecule has 0 aliphatic heterocycles. The molecule has 1 aromatic heterocycles. The summed E-state index contributed by atoms with van der Waals surface area (Å²) in [7, 11) is 1.52. The Morgan fingerprint density at radius 1 is 1.12 bits per heavy atom. The van der Waals surface area contributed by atoms with Crippen LogP contribution in [0.5, 0.6) is 0 Å². The maximum absolute atomic E-state index is 13.8. The number of carbonyl (C=O) groups is 1. The van der Waals surface area contributed by atoms with E-state index in [9.17, 15) is 22.8 Å². The first kappa shape index (κ1) is 24.3. The summed E-state index contributed by atoms with van der Waals surface area (Å²) in [6, 6.07) is 7.64. The zero-order valence-electron chi connectivity index (χ0n) is 19.3. The van der Waals surface area contributed by atoms with Crippen molar-refractivity contribution in [1.82, 2.24) is 9.55 Å². The number of esters is 1. The van der Waals surface area contributed by atoms with Gasteiger partial charge < -0.3 is 10.1 Å². The highest BCUT2D eigenvalue weighted by atomic mass is 19.4. The Labute approximate surface area is 189 Å². The average Bonchev–Trinajstić information content (AvgIpc) is 2.70. The molecule has 0 aliphatic rings. The minimum absolute atomic E-state index is 0.000545. The van der Waals surface area contributed by atoms with Crippen LogP contribution in [0.15, 0.2) is 41.2 Å². The lowest BCUT2D eigenvalue weighted by Gasteiger charge is -2.22. The fourth-order valence-corrected chi connectivity index (χ4v) is 3.42. The molecule has 0 aliphatic carbocycles. The quantitative estimate of drug-likeness (QED) is 0.528. The largest absolute Gasteiger partial charge is 0.456 e. The molecule has 3 rings (SSSR count). The number of benzene rings is 2. The summed E-state index contributed by atoms with van der Waals surface area (Å²) in [4.78, 5) is 28.9. The molecular weight excluding hydrogens is 435 g/mol. The lowest BCUT2D eigenvalue weighted by Crippen LogP contribution is -2.23. The fourth-order valence-electron chi connectivity index (χ4n) is 3.42.